The molecule has 34 heavy (non-hydrogen) atoms. The van der Waals surface area contributed by atoms with E-state index in [4.69, 9.17) is 4.42 Å². The number of rotatable bonds is 6. The first-order valence-corrected chi connectivity index (χ1v) is 12.7. The Labute approximate surface area is 199 Å². The monoisotopic (exact) mass is 483 g/mol. The molecule has 180 valence electrons. The van der Waals surface area contributed by atoms with Gasteiger partial charge in [-0.2, -0.15) is 4.31 Å². The van der Waals surface area contributed by atoms with Gasteiger partial charge in [0.15, 0.2) is 0 Å². The molecule has 3 aromatic rings. The lowest BCUT2D eigenvalue weighted by molar-refractivity contribution is -0.121. The molecule has 8 nitrogen and oxygen atoms in total. The molecule has 4 rings (SSSR count). The lowest BCUT2D eigenvalue weighted by Crippen LogP contribution is -2.46. The first-order valence-electron chi connectivity index (χ1n) is 11.3. The van der Waals surface area contributed by atoms with E-state index in [0.717, 1.165) is 27.7 Å². The van der Waals surface area contributed by atoms with Gasteiger partial charge in [0, 0.05) is 42.7 Å². The molecule has 0 saturated carbocycles. The van der Waals surface area contributed by atoms with Crippen LogP contribution in [0.4, 0.5) is 5.69 Å². The summed E-state index contributed by atoms with van der Waals surface area (Å²) < 4.78 is 33.0. The minimum Gasteiger partial charge on any atom is -0.464 e. The third-order valence-electron chi connectivity index (χ3n) is 6.25. The molecule has 1 saturated heterocycles. The summed E-state index contributed by atoms with van der Waals surface area (Å²) in [4.78, 5) is 24.0. The van der Waals surface area contributed by atoms with Gasteiger partial charge in [-0.1, -0.05) is 0 Å². The second kappa shape index (κ2) is 9.60. The zero-order valence-corrected chi connectivity index (χ0v) is 20.4. The van der Waals surface area contributed by atoms with Gasteiger partial charge in [0.25, 0.3) is 0 Å². The quantitative estimate of drug-likeness (QED) is 0.558. The molecule has 0 aliphatic carbocycles. The van der Waals surface area contributed by atoms with E-state index in [1.165, 1.54) is 23.4 Å². The summed E-state index contributed by atoms with van der Waals surface area (Å²) in [5.41, 5.74) is 4.45. The highest BCUT2D eigenvalue weighted by Crippen LogP contribution is 2.26. The van der Waals surface area contributed by atoms with Gasteiger partial charge >= 0.3 is 0 Å². The van der Waals surface area contributed by atoms with Crippen LogP contribution in [0.25, 0.3) is 11.0 Å². The molecule has 0 radical (unpaired) electrons. The molecule has 0 atom stereocenters. The molecular weight excluding hydrogens is 454 g/mol. The molecule has 1 aromatic heterocycles. The van der Waals surface area contributed by atoms with E-state index >= 15 is 0 Å². The molecule has 0 spiro atoms. The van der Waals surface area contributed by atoms with E-state index in [0.29, 0.717) is 31.6 Å². The Morgan fingerprint density at radius 3 is 2.35 bits per heavy atom. The van der Waals surface area contributed by atoms with Crippen LogP contribution >= 0.6 is 0 Å². The maximum atomic E-state index is 13.0. The summed E-state index contributed by atoms with van der Waals surface area (Å²) in [7, 11) is -3.64. The van der Waals surface area contributed by atoms with E-state index in [1.807, 2.05) is 26.0 Å². The normalized spacial score (nSPS) is 15.4. The van der Waals surface area contributed by atoms with Crippen LogP contribution in [0.2, 0.25) is 0 Å². The lowest BCUT2D eigenvalue weighted by atomic mass is 10.0. The molecule has 2 heterocycles. The highest BCUT2D eigenvalue weighted by molar-refractivity contribution is 7.89. The second-order valence-corrected chi connectivity index (χ2v) is 10.8. The Bertz CT molecular complexity index is 1320. The van der Waals surface area contributed by atoms with Crippen molar-refractivity contribution in [3.05, 3.63) is 59.4 Å². The third kappa shape index (κ3) is 5.15. The number of furan rings is 1. The van der Waals surface area contributed by atoms with Crippen molar-refractivity contribution in [3.63, 3.8) is 0 Å². The number of anilines is 1. The molecule has 1 fully saturated rings. The van der Waals surface area contributed by atoms with Crippen LogP contribution in [-0.2, 0) is 26.0 Å². The summed E-state index contributed by atoms with van der Waals surface area (Å²) in [5, 5.41) is 6.61. The van der Waals surface area contributed by atoms with E-state index in [1.54, 1.807) is 18.4 Å². The summed E-state index contributed by atoms with van der Waals surface area (Å²) >= 11 is 0. The lowest BCUT2D eigenvalue weighted by Gasteiger charge is -2.31. The number of carbonyl (C=O) groups excluding carboxylic acids is 2. The van der Waals surface area contributed by atoms with E-state index in [-0.39, 0.29) is 29.2 Å². The van der Waals surface area contributed by atoms with Crippen molar-refractivity contribution < 1.29 is 22.4 Å². The average Bonchev–Trinajstić information content (AvgIpc) is 3.15. The van der Waals surface area contributed by atoms with Crippen LogP contribution in [-0.4, -0.2) is 43.7 Å². The van der Waals surface area contributed by atoms with E-state index in [2.05, 4.69) is 10.6 Å². The summed E-state index contributed by atoms with van der Waals surface area (Å²) in [5.74, 6) is -0.318. The summed E-state index contributed by atoms with van der Waals surface area (Å²) in [6.45, 7) is 6.11. The summed E-state index contributed by atoms with van der Waals surface area (Å²) in [6, 6.07) is 10.1. The molecule has 9 heteroatoms. The van der Waals surface area contributed by atoms with E-state index < -0.39 is 10.0 Å². The smallest absolute Gasteiger partial charge is 0.243 e. The van der Waals surface area contributed by atoms with Crippen LogP contribution in [0.5, 0.6) is 0 Å². The van der Waals surface area contributed by atoms with Gasteiger partial charge < -0.3 is 15.1 Å². The zero-order chi connectivity index (χ0) is 24.5. The fourth-order valence-corrected chi connectivity index (χ4v) is 5.70. The van der Waals surface area contributed by atoms with Gasteiger partial charge in [-0.25, -0.2) is 8.42 Å². The number of hydrogen-bond acceptors (Lipinski definition) is 5. The number of carbonyl (C=O) groups is 2. The van der Waals surface area contributed by atoms with Gasteiger partial charge in [0.05, 0.1) is 17.6 Å². The Morgan fingerprint density at radius 1 is 1.06 bits per heavy atom. The van der Waals surface area contributed by atoms with Crippen molar-refractivity contribution in [3.8, 4) is 0 Å². The molecule has 1 aliphatic heterocycles. The zero-order valence-electron chi connectivity index (χ0n) is 19.6. The Morgan fingerprint density at radius 2 is 1.71 bits per heavy atom. The van der Waals surface area contributed by atoms with Crippen molar-refractivity contribution in [2.75, 3.05) is 18.4 Å². The van der Waals surface area contributed by atoms with Gasteiger partial charge in [-0.15, -0.1) is 0 Å². The van der Waals surface area contributed by atoms with Crippen LogP contribution in [0.15, 0.2) is 52.0 Å². The minimum atomic E-state index is -3.64. The van der Waals surface area contributed by atoms with Crippen LogP contribution in [0.3, 0.4) is 0 Å². The Hall–Kier alpha value is -3.17. The Kier molecular flexibility index (Phi) is 6.77. The molecular formula is C25H29N3O5S. The maximum absolute atomic E-state index is 13.0. The largest absolute Gasteiger partial charge is 0.464 e. The van der Waals surface area contributed by atoms with Gasteiger partial charge in [0.2, 0.25) is 21.8 Å². The number of sulfonamides is 1. The van der Waals surface area contributed by atoms with Crippen LogP contribution < -0.4 is 10.6 Å². The molecule has 2 N–H and O–H groups in total. The fourth-order valence-electron chi connectivity index (χ4n) is 4.23. The second-order valence-electron chi connectivity index (χ2n) is 8.82. The number of nitrogens with zero attached hydrogens (tertiary/aromatic N) is 1. The first-order chi connectivity index (χ1) is 16.1. The highest BCUT2D eigenvalue weighted by Gasteiger charge is 2.30. The SMILES string of the molecule is CC(=O)Nc1ccc(S(=O)(=O)N2CCC(NC(=O)Cc3coc4cc(C)c(C)cc34)CC2)cc1. The van der Waals surface area contributed by atoms with E-state index in [9.17, 15) is 18.0 Å². The van der Waals surface area contributed by atoms with Crippen molar-refractivity contribution in [1.29, 1.82) is 0 Å². The molecule has 1 aliphatic rings. The first kappa shape index (κ1) is 24.0. The molecule has 2 aromatic carbocycles. The number of fused-ring (bicyclic) bond motifs is 1. The number of benzene rings is 2. The number of nitrogens with one attached hydrogen (secondary N) is 2. The number of piperidine rings is 1. The highest BCUT2D eigenvalue weighted by atomic mass is 32.2. The fraction of sp³-hybridized carbons (Fsp3) is 0.360. The minimum absolute atomic E-state index is 0.0803. The summed E-state index contributed by atoms with van der Waals surface area (Å²) in [6.07, 6.45) is 2.93. The third-order valence-corrected chi connectivity index (χ3v) is 8.17. The predicted molar refractivity (Wildman–Crippen MR) is 130 cm³/mol. The van der Waals surface area contributed by atoms with Crippen molar-refractivity contribution in [1.82, 2.24) is 9.62 Å². The van der Waals surface area contributed by atoms with Gasteiger partial charge in [0.1, 0.15) is 5.58 Å². The van der Waals surface area contributed by atoms with Gasteiger partial charge in [-0.3, -0.25) is 9.59 Å². The molecule has 2 amide bonds. The number of hydrogen-bond donors (Lipinski definition) is 2. The maximum Gasteiger partial charge on any atom is 0.243 e. The molecule has 0 unspecified atom stereocenters. The average molecular weight is 484 g/mol. The van der Waals surface area contributed by atoms with Crippen molar-refractivity contribution in [2.45, 2.75) is 51.0 Å². The number of amides is 2. The van der Waals surface area contributed by atoms with Crippen LogP contribution in [0.1, 0.15) is 36.5 Å². The molecule has 0 bridgehead atoms. The topological polar surface area (TPSA) is 109 Å². The van der Waals surface area contributed by atoms with Crippen LogP contribution in [0, 0.1) is 13.8 Å². The number of aryl methyl sites for hydroxylation is 2. The van der Waals surface area contributed by atoms with Crippen molar-refractivity contribution >= 4 is 38.5 Å². The Balaban J connectivity index is 1.33. The standard InChI is InChI=1S/C25H29N3O5S/c1-16-12-23-19(15-33-24(23)13-17(16)2)14-25(30)27-21-8-10-28(11-9-21)34(31,32)22-6-4-20(5-7-22)26-18(3)29/h4-7,12-13,15,21H,8-11,14H2,1-3H3,(H,26,29)(H,27,30). The van der Waals surface area contributed by atoms with Gasteiger partial charge in [-0.05, 0) is 74.2 Å². The predicted octanol–water partition coefficient (Wildman–Crippen LogP) is 3.52. The van der Waals surface area contributed by atoms with Crippen molar-refractivity contribution in [2.24, 2.45) is 0 Å².